The summed E-state index contributed by atoms with van der Waals surface area (Å²) in [6.45, 7) is 0. The van der Waals surface area contributed by atoms with Crippen molar-refractivity contribution < 1.29 is 19.1 Å². The number of nitriles is 2. The van der Waals surface area contributed by atoms with Crippen LogP contribution in [0.2, 0.25) is 0 Å². The third-order valence-electron chi connectivity index (χ3n) is 6.25. The average Bonchev–Trinajstić information content (AvgIpc) is 3.69. The van der Waals surface area contributed by atoms with Crippen LogP contribution in [-0.2, 0) is 24.5 Å². The molecule has 2 aromatic rings. The second-order valence-corrected chi connectivity index (χ2v) is 8.08. The van der Waals surface area contributed by atoms with Crippen molar-refractivity contribution in [3.63, 3.8) is 0 Å². The fraction of sp³-hybridized carbons (Fsp3) is 0.231. The first-order valence-electron chi connectivity index (χ1n) is 10.6. The minimum Gasteiger partial charge on any atom is -0.466 e. The zero-order valence-electron chi connectivity index (χ0n) is 18.7. The zero-order chi connectivity index (χ0) is 24.5. The summed E-state index contributed by atoms with van der Waals surface area (Å²) in [5.74, 6) is -2.51. The number of rotatable bonds is 5. The van der Waals surface area contributed by atoms with Gasteiger partial charge in [0.2, 0.25) is 0 Å². The van der Waals surface area contributed by atoms with Gasteiger partial charge in [-0.3, -0.25) is 4.90 Å². The quantitative estimate of drug-likeness (QED) is 0.682. The van der Waals surface area contributed by atoms with E-state index in [0.29, 0.717) is 11.3 Å². The molecule has 4 rings (SSSR count). The van der Waals surface area contributed by atoms with Gasteiger partial charge in [-0.05, 0) is 36.1 Å². The van der Waals surface area contributed by atoms with Crippen molar-refractivity contribution in [1.29, 1.82) is 10.5 Å². The standard InChI is InChI=1S/C26H22N4O4/c1-33-24(31)21-20(16-6-4-3-5-7-16)19(14-27)23(29)30(22(21)25(32)34-2)18-10-8-17(9-11-18)26(15-28)12-13-26/h3-11,20H,12-13,29H2,1-2H3. The highest BCUT2D eigenvalue weighted by Gasteiger charge is 2.46. The summed E-state index contributed by atoms with van der Waals surface area (Å²) in [7, 11) is 2.41. The summed E-state index contributed by atoms with van der Waals surface area (Å²) in [5, 5.41) is 19.6. The van der Waals surface area contributed by atoms with E-state index in [2.05, 4.69) is 12.1 Å². The van der Waals surface area contributed by atoms with Crippen LogP contribution < -0.4 is 10.6 Å². The summed E-state index contributed by atoms with van der Waals surface area (Å²) < 4.78 is 10.0. The van der Waals surface area contributed by atoms with Gasteiger partial charge in [0.15, 0.2) is 0 Å². The predicted octanol–water partition coefficient (Wildman–Crippen LogP) is 3.14. The number of nitrogens with two attached hydrogens (primary N) is 1. The first-order valence-corrected chi connectivity index (χ1v) is 10.6. The van der Waals surface area contributed by atoms with E-state index in [4.69, 9.17) is 15.2 Å². The van der Waals surface area contributed by atoms with Gasteiger partial charge in [-0.1, -0.05) is 42.5 Å². The molecule has 0 amide bonds. The first-order chi connectivity index (χ1) is 16.4. The lowest BCUT2D eigenvalue weighted by Gasteiger charge is -2.36. The van der Waals surface area contributed by atoms with Crippen molar-refractivity contribution in [2.75, 3.05) is 19.1 Å². The van der Waals surface area contributed by atoms with Crippen LogP contribution in [0.1, 0.15) is 29.9 Å². The first kappa shape index (κ1) is 22.6. The monoisotopic (exact) mass is 454 g/mol. The molecule has 0 radical (unpaired) electrons. The summed E-state index contributed by atoms with van der Waals surface area (Å²) in [4.78, 5) is 27.4. The molecule has 1 saturated carbocycles. The number of esters is 2. The summed E-state index contributed by atoms with van der Waals surface area (Å²) in [6, 6.07) is 20.3. The highest BCUT2D eigenvalue weighted by atomic mass is 16.5. The van der Waals surface area contributed by atoms with Crippen molar-refractivity contribution in [1.82, 2.24) is 0 Å². The summed E-state index contributed by atoms with van der Waals surface area (Å²) >= 11 is 0. The Labute approximate surface area is 197 Å². The molecule has 1 unspecified atom stereocenters. The van der Waals surface area contributed by atoms with E-state index in [-0.39, 0.29) is 22.7 Å². The van der Waals surface area contributed by atoms with E-state index >= 15 is 0 Å². The maximum atomic E-state index is 13.0. The van der Waals surface area contributed by atoms with Crippen LogP contribution in [0.3, 0.4) is 0 Å². The van der Waals surface area contributed by atoms with Crippen LogP contribution >= 0.6 is 0 Å². The van der Waals surface area contributed by atoms with Gasteiger partial charge in [-0.25, -0.2) is 9.59 Å². The Morgan fingerprint density at radius 1 is 1.00 bits per heavy atom. The van der Waals surface area contributed by atoms with Crippen LogP contribution in [0, 0.1) is 22.7 Å². The molecule has 0 spiro atoms. The Balaban J connectivity index is 1.96. The molecule has 0 aromatic heterocycles. The molecule has 2 aliphatic rings. The van der Waals surface area contributed by atoms with Crippen molar-refractivity contribution >= 4 is 17.6 Å². The molecule has 34 heavy (non-hydrogen) atoms. The number of anilines is 1. The second-order valence-electron chi connectivity index (χ2n) is 8.08. The van der Waals surface area contributed by atoms with E-state index in [0.717, 1.165) is 18.4 Å². The van der Waals surface area contributed by atoms with E-state index < -0.39 is 23.3 Å². The molecule has 1 heterocycles. The minimum absolute atomic E-state index is 0.00132. The van der Waals surface area contributed by atoms with Crippen molar-refractivity contribution in [3.8, 4) is 12.1 Å². The molecule has 8 nitrogen and oxygen atoms in total. The summed E-state index contributed by atoms with van der Waals surface area (Å²) in [5.41, 5.74) is 7.81. The maximum Gasteiger partial charge on any atom is 0.355 e. The number of benzene rings is 2. The van der Waals surface area contributed by atoms with Crippen LogP contribution in [-0.4, -0.2) is 26.2 Å². The lowest BCUT2D eigenvalue weighted by molar-refractivity contribution is -0.139. The van der Waals surface area contributed by atoms with E-state index in [1.807, 2.05) is 0 Å². The third kappa shape index (κ3) is 3.56. The molecule has 2 N–H and O–H groups in total. The summed E-state index contributed by atoms with van der Waals surface area (Å²) in [6.07, 6.45) is 1.57. The molecule has 1 atom stereocenters. The Bertz CT molecular complexity index is 1290. The Morgan fingerprint density at radius 2 is 1.62 bits per heavy atom. The molecule has 170 valence electrons. The van der Waals surface area contributed by atoms with Gasteiger partial charge in [0.05, 0.1) is 48.8 Å². The van der Waals surface area contributed by atoms with Crippen LogP contribution in [0.5, 0.6) is 0 Å². The van der Waals surface area contributed by atoms with Gasteiger partial charge in [-0.2, -0.15) is 10.5 Å². The molecule has 1 aliphatic heterocycles. The second kappa shape index (κ2) is 8.76. The number of nitrogens with zero attached hydrogens (tertiary/aromatic N) is 3. The van der Waals surface area contributed by atoms with Gasteiger partial charge in [0, 0.05) is 5.69 Å². The molecule has 1 aliphatic carbocycles. The Hall–Kier alpha value is -4.56. The molecule has 1 fully saturated rings. The number of ether oxygens (including phenoxy) is 2. The number of carbonyl (C=O) groups is 2. The zero-order valence-corrected chi connectivity index (χ0v) is 18.7. The van der Waals surface area contributed by atoms with Crippen molar-refractivity contribution in [2.24, 2.45) is 5.73 Å². The van der Waals surface area contributed by atoms with E-state index in [1.165, 1.54) is 19.1 Å². The molecular formula is C26H22N4O4. The van der Waals surface area contributed by atoms with Gasteiger partial charge in [-0.15, -0.1) is 0 Å². The number of methoxy groups -OCH3 is 2. The molecule has 8 heteroatoms. The van der Waals surface area contributed by atoms with Crippen LogP contribution in [0.15, 0.2) is 77.3 Å². The topological polar surface area (TPSA) is 129 Å². The Kier molecular flexibility index (Phi) is 5.83. The van der Waals surface area contributed by atoms with Gasteiger partial charge >= 0.3 is 11.9 Å². The maximum absolute atomic E-state index is 13.0. The Morgan fingerprint density at radius 3 is 2.12 bits per heavy atom. The van der Waals surface area contributed by atoms with Crippen LogP contribution in [0.25, 0.3) is 0 Å². The highest BCUT2D eigenvalue weighted by molar-refractivity contribution is 6.06. The largest absolute Gasteiger partial charge is 0.466 e. The molecular weight excluding hydrogens is 432 g/mol. The normalized spacial score (nSPS) is 18.6. The molecule has 0 saturated heterocycles. The fourth-order valence-electron chi connectivity index (χ4n) is 4.30. The number of hydrogen-bond donors (Lipinski definition) is 1. The van der Waals surface area contributed by atoms with Gasteiger partial charge in [0.25, 0.3) is 0 Å². The smallest absolute Gasteiger partial charge is 0.355 e. The van der Waals surface area contributed by atoms with Gasteiger partial charge in [0.1, 0.15) is 11.5 Å². The number of allylic oxidation sites excluding steroid dienone is 1. The fourth-order valence-corrected chi connectivity index (χ4v) is 4.30. The molecule has 2 aromatic carbocycles. The average molecular weight is 454 g/mol. The minimum atomic E-state index is -0.920. The number of hydrogen-bond acceptors (Lipinski definition) is 8. The van der Waals surface area contributed by atoms with E-state index in [9.17, 15) is 20.1 Å². The van der Waals surface area contributed by atoms with E-state index in [1.54, 1.807) is 54.6 Å². The predicted molar refractivity (Wildman–Crippen MR) is 123 cm³/mol. The van der Waals surface area contributed by atoms with Crippen molar-refractivity contribution in [2.45, 2.75) is 24.2 Å². The molecule has 0 bridgehead atoms. The highest BCUT2D eigenvalue weighted by Crippen LogP contribution is 2.48. The van der Waals surface area contributed by atoms with Crippen LogP contribution in [0.4, 0.5) is 5.69 Å². The SMILES string of the molecule is COC(=O)C1=C(C(=O)OC)N(c2ccc(C3(C#N)CC3)cc2)C(N)=C(C#N)C1c1ccccc1. The number of carbonyl (C=O) groups excluding carboxylic acids is 2. The lowest BCUT2D eigenvalue weighted by Crippen LogP contribution is -2.40. The third-order valence-corrected chi connectivity index (χ3v) is 6.25. The lowest BCUT2D eigenvalue weighted by atomic mass is 9.81. The van der Waals surface area contributed by atoms with Crippen molar-refractivity contribution in [3.05, 3.63) is 88.4 Å². The van der Waals surface area contributed by atoms with Gasteiger partial charge < -0.3 is 15.2 Å².